The maximum Gasteiger partial charge on any atom is 0.267 e. The number of aromatic amines is 2. The SMILES string of the molecule is CC(=O)C(C)c1[nH][nH]c(=O)c1C. The fourth-order valence-electron chi connectivity index (χ4n) is 1.07. The molecule has 0 radical (unpaired) electrons. The maximum absolute atomic E-state index is 11.0. The number of H-pyrrole nitrogens is 2. The lowest BCUT2D eigenvalue weighted by Crippen LogP contribution is -2.08. The van der Waals surface area contributed by atoms with Crippen molar-refractivity contribution in [2.45, 2.75) is 26.7 Å². The smallest absolute Gasteiger partial charge is 0.267 e. The Hall–Kier alpha value is -1.32. The van der Waals surface area contributed by atoms with Crippen molar-refractivity contribution >= 4 is 5.78 Å². The number of nitrogens with one attached hydrogen (secondary N) is 2. The predicted molar refractivity (Wildman–Crippen MR) is 45.2 cm³/mol. The molecule has 1 aromatic heterocycles. The Morgan fingerprint density at radius 3 is 2.33 bits per heavy atom. The van der Waals surface area contributed by atoms with Gasteiger partial charge in [-0.3, -0.25) is 14.7 Å². The summed E-state index contributed by atoms with van der Waals surface area (Å²) in [5, 5.41) is 5.14. The highest BCUT2D eigenvalue weighted by Crippen LogP contribution is 2.14. The van der Waals surface area contributed by atoms with Crippen LogP contribution in [0.15, 0.2) is 4.79 Å². The average Bonchev–Trinajstić information content (AvgIpc) is 2.32. The van der Waals surface area contributed by atoms with Crippen molar-refractivity contribution in [3.63, 3.8) is 0 Å². The zero-order valence-electron chi connectivity index (χ0n) is 7.39. The van der Waals surface area contributed by atoms with E-state index >= 15 is 0 Å². The van der Waals surface area contributed by atoms with Crippen LogP contribution in [0.5, 0.6) is 0 Å². The van der Waals surface area contributed by atoms with Gasteiger partial charge in [0.1, 0.15) is 5.78 Å². The number of hydrogen-bond acceptors (Lipinski definition) is 2. The molecule has 4 heteroatoms. The largest absolute Gasteiger partial charge is 0.301 e. The average molecular weight is 168 g/mol. The summed E-state index contributed by atoms with van der Waals surface area (Å²) in [5.74, 6) is -0.183. The van der Waals surface area contributed by atoms with Gasteiger partial charge in [0.2, 0.25) is 0 Å². The first-order chi connectivity index (χ1) is 5.54. The maximum atomic E-state index is 11.0. The fourth-order valence-corrected chi connectivity index (χ4v) is 1.07. The minimum Gasteiger partial charge on any atom is -0.301 e. The van der Waals surface area contributed by atoms with Crippen molar-refractivity contribution in [2.24, 2.45) is 0 Å². The standard InChI is InChI=1S/C8H12N2O2/c1-4(6(3)11)7-5(2)8(12)10-9-7/h4H,1-3H3,(H2,9,10,12). The van der Waals surface area contributed by atoms with E-state index in [0.29, 0.717) is 11.3 Å². The molecule has 1 aromatic rings. The molecule has 1 unspecified atom stereocenters. The number of carbonyl (C=O) groups is 1. The molecule has 0 bridgehead atoms. The van der Waals surface area contributed by atoms with E-state index in [1.165, 1.54) is 6.92 Å². The molecule has 0 aliphatic carbocycles. The van der Waals surface area contributed by atoms with Gasteiger partial charge in [-0.25, -0.2) is 0 Å². The van der Waals surface area contributed by atoms with Gasteiger partial charge >= 0.3 is 0 Å². The third-order valence-corrected chi connectivity index (χ3v) is 2.10. The molecule has 4 nitrogen and oxygen atoms in total. The third kappa shape index (κ3) is 1.32. The summed E-state index contributed by atoms with van der Waals surface area (Å²) < 4.78 is 0. The number of aromatic nitrogens is 2. The van der Waals surface area contributed by atoms with E-state index in [1.54, 1.807) is 13.8 Å². The van der Waals surface area contributed by atoms with Crippen molar-refractivity contribution < 1.29 is 4.79 Å². The van der Waals surface area contributed by atoms with Crippen LogP contribution >= 0.6 is 0 Å². The van der Waals surface area contributed by atoms with Crippen LogP contribution in [0.4, 0.5) is 0 Å². The van der Waals surface area contributed by atoms with E-state index in [4.69, 9.17) is 0 Å². The first kappa shape index (κ1) is 8.77. The molecular formula is C8H12N2O2. The number of hydrogen-bond donors (Lipinski definition) is 2. The minimum atomic E-state index is -0.232. The molecule has 0 aliphatic heterocycles. The number of rotatable bonds is 2. The van der Waals surface area contributed by atoms with Crippen LogP contribution in [0.1, 0.15) is 31.0 Å². The molecule has 0 saturated carbocycles. The van der Waals surface area contributed by atoms with Gasteiger partial charge in [-0.2, -0.15) is 0 Å². The van der Waals surface area contributed by atoms with Gasteiger partial charge in [-0.1, -0.05) is 0 Å². The van der Waals surface area contributed by atoms with Gasteiger partial charge in [0.25, 0.3) is 5.56 Å². The first-order valence-corrected chi connectivity index (χ1v) is 3.81. The van der Waals surface area contributed by atoms with Crippen LogP contribution in [0.3, 0.4) is 0 Å². The molecule has 0 fully saturated rings. The van der Waals surface area contributed by atoms with Gasteiger partial charge < -0.3 is 5.10 Å². The monoisotopic (exact) mass is 168 g/mol. The van der Waals surface area contributed by atoms with Crippen molar-refractivity contribution in [3.05, 3.63) is 21.6 Å². The minimum absolute atomic E-state index is 0.0494. The Morgan fingerprint density at radius 1 is 1.42 bits per heavy atom. The van der Waals surface area contributed by atoms with Crippen molar-refractivity contribution in [1.29, 1.82) is 0 Å². The molecule has 0 aromatic carbocycles. The lowest BCUT2D eigenvalue weighted by molar-refractivity contribution is -0.118. The highest BCUT2D eigenvalue weighted by molar-refractivity contribution is 5.82. The van der Waals surface area contributed by atoms with Crippen molar-refractivity contribution in [2.75, 3.05) is 0 Å². The first-order valence-electron chi connectivity index (χ1n) is 3.81. The Balaban J connectivity index is 3.11. The van der Waals surface area contributed by atoms with E-state index in [1.807, 2.05) is 0 Å². The topological polar surface area (TPSA) is 65.7 Å². The number of ketones is 1. The Labute approximate surface area is 70.0 Å². The lowest BCUT2D eigenvalue weighted by Gasteiger charge is -2.04. The molecule has 1 atom stereocenters. The van der Waals surface area contributed by atoms with Crippen LogP contribution in [0.25, 0.3) is 0 Å². The van der Waals surface area contributed by atoms with Gasteiger partial charge in [0.05, 0.1) is 11.6 Å². The van der Waals surface area contributed by atoms with Crippen LogP contribution < -0.4 is 5.56 Å². The Bertz CT molecular complexity index is 348. The molecule has 2 N–H and O–H groups in total. The molecule has 66 valence electrons. The molecule has 0 aliphatic rings. The second-order valence-electron chi connectivity index (χ2n) is 2.95. The normalized spacial score (nSPS) is 12.9. The summed E-state index contributed by atoms with van der Waals surface area (Å²) in [6.07, 6.45) is 0. The highest BCUT2D eigenvalue weighted by atomic mass is 16.1. The molecule has 0 saturated heterocycles. The molecule has 0 amide bonds. The van der Waals surface area contributed by atoms with Crippen molar-refractivity contribution in [1.82, 2.24) is 10.2 Å². The van der Waals surface area contributed by atoms with Gasteiger partial charge in [-0.15, -0.1) is 0 Å². The van der Waals surface area contributed by atoms with E-state index < -0.39 is 0 Å². The van der Waals surface area contributed by atoms with Crippen LogP contribution in [0, 0.1) is 6.92 Å². The lowest BCUT2D eigenvalue weighted by atomic mass is 10.0. The number of carbonyl (C=O) groups excluding carboxylic acids is 1. The van der Waals surface area contributed by atoms with E-state index in [9.17, 15) is 9.59 Å². The summed E-state index contributed by atoms with van der Waals surface area (Å²) >= 11 is 0. The van der Waals surface area contributed by atoms with Gasteiger partial charge in [0.15, 0.2) is 0 Å². The Kier molecular flexibility index (Phi) is 2.17. The van der Waals surface area contributed by atoms with E-state index in [2.05, 4.69) is 10.2 Å². The third-order valence-electron chi connectivity index (χ3n) is 2.10. The summed E-state index contributed by atoms with van der Waals surface area (Å²) in [6.45, 7) is 4.98. The quantitative estimate of drug-likeness (QED) is 0.682. The predicted octanol–water partition coefficient (Wildman–Crippen LogP) is 0.704. The van der Waals surface area contributed by atoms with Crippen LogP contribution in [-0.2, 0) is 4.79 Å². The van der Waals surface area contributed by atoms with Gasteiger partial charge in [-0.05, 0) is 20.8 Å². The zero-order valence-corrected chi connectivity index (χ0v) is 7.39. The summed E-state index contributed by atoms with van der Waals surface area (Å²) in [5.41, 5.74) is 1.13. The summed E-state index contributed by atoms with van der Waals surface area (Å²) in [4.78, 5) is 21.9. The second-order valence-corrected chi connectivity index (χ2v) is 2.95. The van der Waals surface area contributed by atoms with Crippen molar-refractivity contribution in [3.8, 4) is 0 Å². The molecular weight excluding hydrogens is 156 g/mol. The van der Waals surface area contributed by atoms with Crippen LogP contribution in [-0.4, -0.2) is 16.0 Å². The summed E-state index contributed by atoms with van der Waals surface area (Å²) in [7, 11) is 0. The molecule has 0 spiro atoms. The van der Waals surface area contributed by atoms with Crippen LogP contribution in [0.2, 0.25) is 0 Å². The second kappa shape index (κ2) is 2.97. The highest BCUT2D eigenvalue weighted by Gasteiger charge is 2.15. The van der Waals surface area contributed by atoms with Gasteiger partial charge in [0, 0.05) is 5.56 Å². The van der Waals surface area contributed by atoms with E-state index in [0.717, 1.165) is 0 Å². The summed E-state index contributed by atoms with van der Waals surface area (Å²) in [6, 6.07) is 0. The fraction of sp³-hybridized carbons (Fsp3) is 0.500. The van der Waals surface area contributed by atoms with E-state index in [-0.39, 0.29) is 17.3 Å². The number of Topliss-reactive ketones (excluding diaryl/α,β-unsaturated/α-hetero) is 1. The molecule has 1 heterocycles. The Morgan fingerprint density at radius 2 is 2.00 bits per heavy atom. The zero-order chi connectivity index (χ0) is 9.30. The molecule has 1 rings (SSSR count). The molecule has 12 heavy (non-hydrogen) atoms.